The van der Waals surface area contributed by atoms with Crippen LogP contribution in [0.1, 0.15) is 20.8 Å². The highest BCUT2D eigenvalue weighted by atomic mass is 16.5. The molecule has 0 spiro atoms. The summed E-state index contributed by atoms with van der Waals surface area (Å²) in [5.74, 6) is 6.84. The molecule has 1 aromatic carbocycles. The van der Waals surface area contributed by atoms with Crippen molar-refractivity contribution in [1.29, 1.82) is 0 Å². The molecule has 2 rings (SSSR count). The number of nitrogens with one attached hydrogen (secondary N) is 2. The van der Waals surface area contributed by atoms with Crippen LogP contribution < -0.4 is 26.1 Å². The summed E-state index contributed by atoms with van der Waals surface area (Å²) in [7, 11) is 1.56. The lowest BCUT2D eigenvalue weighted by Gasteiger charge is -2.23. The van der Waals surface area contributed by atoms with Crippen LogP contribution in [0.15, 0.2) is 30.3 Å². The minimum absolute atomic E-state index is 0.0677. The maximum absolute atomic E-state index is 10.1. The van der Waals surface area contributed by atoms with Crippen LogP contribution in [0.5, 0.6) is 11.5 Å². The zero-order valence-corrected chi connectivity index (χ0v) is 15.6. The maximum atomic E-state index is 10.1. The molecule has 8 heteroatoms. The minimum Gasteiger partial charge on any atom is -0.492 e. The van der Waals surface area contributed by atoms with E-state index >= 15 is 0 Å². The molecule has 1 atom stereocenters. The number of hydrazine groups is 1. The Morgan fingerprint density at radius 1 is 1.19 bits per heavy atom. The number of anilines is 1. The summed E-state index contributed by atoms with van der Waals surface area (Å²) in [5.41, 5.74) is 3.74. The van der Waals surface area contributed by atoms with Gasteiger partial charge < -0.3 is 25.3 Å². The average molecular weight is 361 g/mol. The van der Waals surface area contributed by atoms with Crippen LogP contribution in [-0.4, -0.2) is 47.2 Å². The van der Waals surface area contributed by atoms with Crippen LogP contribution in [0.2, 0.25) is 0 Å². The number of ether oxygens (including phenoxy) is 2. The van der Waals surface area contributed by atoms with Gasteiger partial charge in [-0.1, -0.05) is 6.07 Å². The van der Waals surface area contributed by atoms with Crippen LogP contribution in [0, 0.1) is 0 Å². The molecule has 5 N–H and O–H groups in total. The first-order valence-electron chi connectivity index (χ1n) is 8.37. The van der Waals surface area contributed by atoms with Crippen molar-refractivity contribution in [1.82, 2.24) is 15.5 Å². The minimum atomic E-state index is -0.641. The van der Waals surface area contributed by atoms with Gasteiger partial charge in [-0.15, -0.1) is 10.2 Å². The molecule has 142 valence electrons. The first-order valence-corrected chi connectivity index (χ1v) is 8.37. The predicted molar refractivity (Wildman–Crippen MR) is 101 cm³/mol. The van der Waals surface area contributed by atoms with E-state index in [1.54, 1.807) is 25.3 Å². The van der Waals surface area contributed by atoms with Crippen molar-refractivity contribution < 1.29 is 14.6 Å². The Labute approximate surface area is 153 Å². The third-order valence-corrected chi connectivity index (χ3v) is 3.57. The molecule has 0 saturated heterocycles. The first kappa shape index (κ1) is 19.9. The fourth-order valence-electron chi connectivity index (χ4n) is 2.26. The topological polar surface area (TPSA) is 115 Å². The Hall–Kier alpha value is -2.42. The number of nitrogens with zero attached hydrogens (tertiary/aromatic N) is 2. The Bertz CT molecular complexity index is 701. The fraction of sp³-hybridized carbons (Fsp3) is 0.444. The van der Waals surface area contributed by atoms with Crippen LogP contribution in [-0.2, 0) is 0 Å². The van der Waals surface area contributed by atoms with E-state index in [2.05, 4.69) is 20.9 Å². The van der Waals surface area contributed by atoms with E-state index in [0.29, 0.717) is 29.6 Å². The van der Waals surface area contributed by atoms with Crippen molar-refractivity contribution in [2.45, 2.75) is 32.4 Å². The van der Waals surface area contributed by atoms with Crippen molar-refractivity contribution in [3.05, 3.63) is 30.3 Å². The number of β-amino-alcohol motifs (C(OH)–C–C–N with tert-alkyl or cyclic N) is 1. The molecule has 0 amide bonds. The second kappa shape index (κ2) is 8.79. The van der Waals surface area contributed by atoms with Gasteiger partial charge in [0, 0.05) is 17.6 Å². The smallest absolute Gasteiger partial charge is 0.170 e. The number of aliphatic hydroxyl groups is 1. The molecule has 0 saturated carbocycles. The van der Waals surface area contributed by atoms with Gasteiger partial charge in [0.1, 0.15) is 12.7 Å². The number of nitrogen functional groups attached to an aromatic ring is 1. The number of nitrogens with two attached hydrogens (primary N) is 1. The van der Waals surface area contributed by atoms with Crippen LogP contribution in [0.4, 0.5) is 5.82 Å². The average Bonchev–Trinajstić information content (AvgIpc) is 2.63. The number of aliphatic hydroxyl groups excluding tert-OH is 1. The summed E-state index contributed by atoms with van der Waals surface area (Å²) >= 11 is 0. The lowest BCUT2D eigenvalue weighted by Crippen LogP contribution is -2.42. The predicted octanol–water partition coefficient (Wildman–Crippen LogP) is 1.57. The van der Waals surface area contributed by atoms with E-state index in [1.165, 1.54) is 0 Å². The van der Waals surface area contributed by atoms with E-state index in [0.717, 1.165) is 5.56 Å². The van der Waals surface area contributed by atoms with Gasteiger partial charge in [-0.05, 0) is 45.0 Å². The summed E-state index contributed by atoms with van der Waals surface area (Å²) < 4.78 is 11.3. The molecule has 8 nitrogen and oxygen atoms in total. The van der Waals surface area contributed by atoms with Crippen molar-refractivity contribution in [3.63, 3.8) is 0 Å². The molecule has 0 radical (unpaired) electrons. The summed E-state index contributed by atoms with van der Waals surface area (Å²) in [6.07, 6.45) is -0.641. The molecule has 1 heterocycles. The SMILES string of the molecule is COc1c(OCC(O)CNC(C)(C)C)cccc1-c1ccc(NN)nn1. The molecule has 0 fully saturated rings. The Morgan fingerprint density at radius 2 is 1.96 bits per heavy atom. The van der Waals surface area contributed by atoms with Gasteiger partial charge in [0.25, 0.3) is 0 Å². The van der Waals surface area contributed by atoms with E-state index in [9.17, 15) is 5.11 Å². The van der Waals surface area contributed by atoms with Crippen molar-refractivity contribution >= 4 is 5.82 Å². The molecule has 0 aliphatic rings. The molecule has 2 aromatic rings. The standard InChI is InChI=1S/C18H27N5O3/c1-18(2,3)20-10-12(24)11-26-15-7-5-6-13(17(15)25-4)14-8-9-16(21-19)23-22-14/h5-9,12,20,24H,10-11,19H2,1-4H3,(H,21,23). The normalized spacial score (nSPS) is 12.5. The van der Waals surface area contributed by atoms with Gasteiger partial charge in [0.15, 0.2) is 17.3 Å². The fourth-order valence-corrected chi connectivity index (χ4v) is 2.26. The third-order valence-electron chi connectivity index (χ3n) is 3.57. The summed E-state index contributed by atoms with van der Waals surface area (Å²) in [4.78, 5) is 0. The largest absolute Gasteiger partial charge is 0.492 e. The summed E-state index contributed by atoms with van der Waals surface area (Å²) in [5, 5.41) is 21.5. The summed E-state index contributed by atoms with van der Waals surface area (Å²) in [6, 6.07) is 8.99. The van der Waals surface area contributed by atoms with E-state index in [1.807, 2.05) is 32.9 Å². The lowest BCUT2D eigenvalue weighted by molar-refractivity contribution is 0.0985. The molecule has 26 heavy (non-hydrogen) atoms. The van der Waals surface area contributed by atoms with Gasteiger partial charge in [0.05, 0.1) is 12.8 Å². The Kier molecular flexibility index (Phi) is 6.73. The molecule has 0 aliphatic carbocycles. The number of rotatable bonds is 8. The van der Waals surface area contributed by atoms with Gasteiger partial charge >= 0.3 is 0 Å². The lowest BCUT2D eigenvalue weighted by atomic mass is 10.1. The van der Waals surface area contributed by atoms with Crippen LogP contribution in [0.25, 0.3) is 11.3 Å². The second-order valence-corrected chi connectivity index (χ2v) is 6.88. The molecule has 0 aliphatic heterocycles. The molecular weight excluding hydrogens is 334 g/mol. The van der Waals surface area contributed by atoms with Gasteiger partial charge in [-0.2, -0.15) is 0 Å². The number of aromatic nitrogens is 2. The van der Waals surface area contributed by atoms with Crippen molar-refractivity contribution in [3.8, 4) is 22.8 Å². The quantitative estimate of drug-likeness (QED) is 0.414. The number of methoxy groups -OCH3 is 1. The molecular formula is C18H27N5O3. The number of hydrogen-bond acceptors (Lipinski definition) is 8. The summed E-state index contributed by atoms with van der Waals surface area (Å²) in [6.45, 7) is 6.70. The second-order valence-electron chi connectivity index (χ2n) is 6.88. The van der Waals surface area contributed by atoms with Gasteiger partial charge in [0.2, 0.25) is 0 Å². The highest BCUT2D eigenvalue weighted by molar-refractivity contribution is 5.71. The zero-order chi connectivity index (χ0) is 19.2. The first-order chi connectivity index (χ1) is 12.3. The van der Waals surface area contributed by atoms with E-state index in [4.69, 9.17) is 15.3 Å². The van der Waals surface area contributed by atoms with Crippen LogP contribution >= 0.6 is 0 Å². The monoisotopic (exact) mass is 361 g/mol. The van der Waals surface area contributed by atoms with Gasteiger partial charge in [-0.25, -0.2) is 5.84 Å². The maximum Gasteiger partial charge on any atom is 0.170 e. The molecule has 1 aromatic heterocycles. The third kappa shape index (κ3) is 5.55. The highest BCUT2D eigenvalue weighted by Crippen LogP contribution is 2.37. The zero-order valence-electron chi connectivity index (χ0n) is 15.6. The molecule has 1 unspecified atom stereocenters. The Morgan fingerprint density at radius 3 is 2.54 bits per heavy atom. The van der Waals surface area contributed by atoms with E-state index < -0.39 is 6.10 Å². The highest BCUT2D eigenvalue weighted by Gasteiger charge is 2.16. The van der Waals surface area contributed by atoms with Crippen molar-refractivity contribution in [2.75, 3.05) is 25.7 Å². The Balaban J connectivity index is 2.12. The molecule has 0 bridgehead atoms. The number of hydrogen-bond donors (Lipinski definition) is 4. The van der Waals surface area contributed by atoms with Crippen LogP contribution in [0.3, 0.4) is 0 Å². The number of para-hydroxylation sites is 1. The van der Waals surface area contributed by atoms with Gasteiger partial charge in [-0.3, -0.25) is 0 Å². The van der Waals surface area contributed by atoms with Crippen molar-refractivity contribution in [2.24, 2.45) is 5.84 Å². The number of benzene rings is 1. The van der Waals surface area contributed by atoms with E-state index in [-0.39, 0.29) is 12.1 Å².